The Morgan fingerprint density at radius 3 is 3.05 bits per heavy atom. The number of carbonyl (C=O) groups excluding carboxylic acids is 1. The number of aryl methyl sites for hydroxylation is 1. The lowest BCUT2D eigenvalue weighted by Crippen LogP contribution is -2.22. The summed E-state index contributed by atoms with van der Waals surface area (Å²) in [6.07, 6.45) is 0. The van der Waals surface area contributed by atoms with E-state index in [-0.39, 0.29) is 12.5 Å². The van der Waals surface area contributed by atoms with Crippen molar-refractivity contribution in [3.8, 4) is 11.8 Å². The molecule has 98 valence electrons. The summed E-state index contributed by atoms with van der Waals surface area (Å²) in [5.74, 6) is 5.21. The van der Waals surface area contributed by atoms with Crippen molar-refractivity contribution in [2.24, 2.45) is 0 Å². The fourth-order valence-electron chi connectivity index (χ4n) is 1.41. The molecule has 19 heavy (non-hydrogen) atoms. The molecule has 0 fully saturated rings. The molecule has 2 N–H and O–H groups in total. The average molecular weight is 292 g/mol. The van der Waals surface area contributed by atoms with Gasteiger partial charge in [0.25, 0.3) is 5.91 Å². The monoisotopic (exact) mass is 292 g/mol. The number of hydrogen-bond acceptors (Lipinski definition) is 5. The minimum Gasteiger partial charge on any atom is -0.384 e. The Labute approximate surface area is 119 Å². The van der Waals surface area contributed by atoms with Gasteiger partial charge in [0.2, 0.25) is 0 Å². The second-order valence-electron chi connectivity index (χ2n) is 3.70. The maximum Gasteiger partial charge on any atom is 0.252 e. The number of nitrogens with one attached hydrogen (secondary N) is 1. The zero-order valence-electron chi connectivity index (χ0n) is 10.3. The van der Waals surface area contributed by atoms with Gasteiger partial charge in [0.1, 0.15) is 6.61 Å². The summed E-state index contributed by atoms with van der Waals surface area (Å²) in [7, 11) is 0. The van der Waals surface area contributed by atoms with Gasteiger partial charge in [0, 0.05) is 10.3 Å². The minimum absolute atomic E-state index is 0.124. The van der Waals surface area contributed by atoms with Gasteiger partial charge in [-0.25, -0.2) is 4.98 Å². The zero-order valence-corrected chi connectivity index (χ0v) is 11.9. The maximum atomic E-state index is 11.9. The largest absolute Gasteiger partial charge is 0.384 e. The van der Waals surface area contributed by atoms with Gasteiger partial charge < -0.3 is 10.4 Å². The summed E-state index contributed by atoms with van der Waals surface area (Å²) < 4.78 is 0. The van der Waals surface area contributed by atoms with Crippen molar-refractivity contribution >= 4 is 28.6 Å². The molecule has 0 unspecified atom stereocenters. The van der Waals surface area contributed by atoms with E-state index in [4.69, 9.17) is 5.11 Å². The third kappa shape index (κ3) is 3.64. The van der Waals surface area contributed by atoms with Crippen LogP contribution in [0.15, 0.2) is 17.0 Å². The third-order valence-electron chi connectivity index (χ3n) is 2.41. The summed E-state index contributed by atoms with van der Waals surface area (Å²) in [4.78, 5) is 17.9. The number of aromatic nitrogens is 1. The van der Waals surface area contributed by atoms with Crippen molar-refractivity contribution in [3.63, 3.8) is 0 Å². The van der Waals surface area contributed by atoms with Crippen LogP contribution < -0.4 is 5.32 Å². The molecule has 2 rings (SSSR count). The number of nitrogens with zero attached hydrogens (tertiary/aromatic N) is 1. The highest BCUT2D eigenvalue weighted by atomic mass is 32.1. The molecule has 0 aliphatic heterocycles. The number of thiophene rings is 1. The van der Waals surface area contributed by atoms with Gasteiger partial charge in [-0.3, -0.25) is 4.79 Å². The highest BCUT2D eigenvalue weighted by molar-refractivity contribution is 7.10. The van der Waals surface area contributed by atoms with Crippen LogP contribution in [-0.4, -0.2) is 22.6 Å². The zero-order chi connectivity index (χ0) is 13.7. The summed E-state index contributed by atoms with van der Waals surface area (Å²) in [5, 5.41) is 13.2. The second-order valence-corrected chi connectivity index (χ2v) is 5.55. The molecule has 0 aliphatic rings. The number of carbonyl (C=O) groups is 1. The van der Waals surface area contributed by atoms with Crippen molar-refractivity contribution in [2.45, 2.75) is 13.5 Å². The Kier molecular flexibility index (Phi) is 4.68. The van der Waals surface area contributed by atoms with E-state index < -0.39 is 0 Å². The molecule has 0 saturated heterocycles. The smallest absolute Gasteiger partial charge is 0.252 e. The quantitative estimate of drug-likeness (QED) is 0.848. The van der Waals surface area contributed by atoms with E-state index in [1.54, 1.807) is 17.0 Å². The molecule has 0 saturated carbocycles. The Bertz CT molecular complexity index is 634. The van der Waals surface area contributed by atoms with E-state index in [1.807, 2.05) is 6.92 Å². The number of hydrogen-bond donors (Lipinski definition) is 2. The van der Waals surface area contributed by atoms with Gasteiger partial charge in [-0.15, -0.1) is 22.7 Å². The number of thiazole rings is 1. The Morgan fingerprint density at radius 2 is 2.37 bits per heavy atom. The Balaban J connectivity index is 1.96. The fraction of sp³-hybridized carbons (Fsp3) is 0.231. The van der Waals surface area contributed by atoms with Crippen molar-refractivity contribution < 1.29 is 9.90 Å². The predicted molar refractivity (Wildman–Crippen MR) is 76.3 cm³/mol. The molecule has 4 nitrogen and oxygen atoms in total. The van der Waals surface area contributed by atoms with E-state index in [0.29, 0.717) is 12.1 Å². The molecule has 0 atom stereocenters. The van der Waals surface area contributed by atoms with Crippen LogP contribution in [0.5, 0.6) is 0 Å². The van der Waals surface area contributed by atoms with Crippen LogP contribution in [0, 0.1) is 18.8 Å². The predicted octanol–water partition coefficient (Wildman–Crippen LogP) is 1.79. The van der Waals surface area contributed by atoms with E-state index in [2.05, 4.69) is 22.1 Å². The first-order valence-corrected chi connectivity index (χ1v) is 7.32. The lowest BCUT2D eigenvalue weighted by molar-refractivity contribution is 0.0951. The van der Waals surface area contributed by atoms with Crippen molar-refractivity contribution in [3.05, 3.63) is 38.0 Å². The van der Waals surface area contributed by atoms with E-state index in [0.717, 1.165) is 15.4 Å². The van der Waals surface area contributed by atoms with Crippen LogP contribution in [0.1, 0.15) is 25.8 Å². The SMILES string of the molecule is Cc1ncsc1CNC(=O)c1csc(C#CCO)c1. The van der Waals surface area contributed by atoms with Crippen LogP contribution in [0.25, 0.3) is 0 Å². The van der Waals surface area contributed by atoms with Gasteiger partial charge in [-0.05, 0) is 13.0 Å². The molecule has 6 heteroatoms. The summed E-state index contributed by atoms with van der Waals surface area (Å²) in [6, 6.07) is 1.72. The van der Waals surface area contributed by atoms with Crippen LogP contribution in [-0.2, 0) is 6.54 Å². The van der Waals surface area contributed by atoms with Gasteiger partial charge >= 0.3 is 0 Å². The Hall–Kier alpha value is -1.68. The lowest BCUT2D eigenvalue weighted by Gasteiger charge is -2.01. The van der Waals surface area contributed by atoms with Gasteiger partial charge in [-0.1, -0.05) is 11.8 Å². The molecule has 0 spiro atoms. The molecule has 0 aromatic carbocycles. The minimum atomic E-state index is -0.177. The number of amides is 1. The van der Waals surface area contributed by atoms with Crippen molar-refractivity contribution in [1.82, 2.24) is 10.3 Å². The number of aliphatic hydroxyl groups excluding tert-OH is 1. The van der Waals surface area contributed by atoms with E-state index in [9.17, 15) is 4.79 Å². The van der Waals surface area contributed by atoms with Crippen molar-refractivity contribution in [2.75, 3.05) is 6.61 Å². The highest BCUT2D eigenvalue weighted by Crippen LogP contribution is 2.15. The molecular formula is C13H12N2O2S2. The molecule has 2 heterocycles. The molecule has 0 bridgehead atoms. The maximum absolute atomic E-state index is 11.9. The van der Waals surface area contributed by atoms with Crippen LogP contribution in [0.3, 0.4) is 0 Å². The molecule has 1 amide bonds. The molecule has 2 aromatic rings. The summed E-state index contributed by atoms with van der Waals surface area (Å²) in [6.45, 7) is 2.23. The first-order valence-electron chi connectivity index (χ1n) is 5.56. The van der Waals surface area contributed by atoms with Gasteiger partial charge in [-0.2, -0.15) is 0 Å². The highest BCUT2D eigenvalue weighted by Gasteiger charge is 2.09. The normalized spacial score (nSPS) is 9.79. The average Bonchev–Trinajstić information content (AvgIpc) is 3.03. The molecular weight excluding hydrogens is 280 g/mol. The van der Waals surface area contributed by atoms with Crippen LogP contribution in [0.2, 0.25) is 0 Å². The number of rotatable bonds is 3. The second kappa shape index (κ2) is 6.48. The fourth-order valence-corrected chi connectivity index (χ4v) is 2.88. The summed E-state index contributed by atoms with van der Waals surface area (Å²) in [5.41, 5.74) is 3.31. The Morgan fingerprint density at radius 1 is 1.53 bits per heavy atom. The standard InChI is InChI=1S/C13H12N2O2S2/c1-9-12(19-8-15-9)6-14-13(17)10-5-11(18-7-10)3-2-4-16/h5,7-8,16H,4,6H2,1H3,(H,14,17). The topological polar surface area (TPSA) is 62.2 Å². The van der Waals surface area contributed by atoms with Crippen molar-refractivity contribution in [1.29, 1.82) is 0 Å². The number of aliphatic hydroxyl groups is 1. The third-order valence-corrected chi connectivity index (χ3v) is 4.19. The molecule has 2 aromatic heterocycles. The molecule has 0 aliphatic carbocycles. The lowest BCUT2D eigenvalue weighted by atomic mass is 10.3. The van der Waals surface area contributed by atoms with Crippen LogP contribution in [0.4, 0.5) is 0 Å². The first-order chi connectivity index (χ1) is 9.20. The molecule has 0 radical (unpaired) electrons. The van der Waals surface area contributed by atoms with Gasteiger partial charge in [0.15, 0.2) is 0 Å². The van der Waals surface area contributed by atoms with E-state index in [1.165, 1.54) is 22.7 Å². The first kappa shape index (κ1) is 13.7. The van der Waals surface area contributed by atoms with E-state index >= 15 is 0 Å². The van der Waals surface area contributed by atoms with Gasteiger partial charge in [0.05, 0.1) is 28.2 Å². The summed E-state index contributed by atoms with van der Waals surface area (Å²) >= 11 is 2.92. The van der Waals surface area contributed by atoms with Crippen LogP contribution >= 0.6 is 22.7 Å².